The Bertz CT molecular complexity index is 670. The molecule has 0 fully saturated rings. The van der Waals surface area contributed by atoms with Crippen LogP contribution in [-0.4, -0.2) is 0 Å². The van der Waals surface area contributed by atoms with Gasteiger partial charge in [-0.3, -0.25) is 0 Å². The zero-order valence-corrected chi connectivity index (χ0v) is 12.5. The quantitative estimate of drug-likeness (QED) is 0.698. The number of anilines is 1. The largest absolute Gasteiger partial charge is 0.377 e. The molecule has 3 heteroatoms. The van der Waals surface area contributed by atoms with Crippen LogP contribution in [0.2, 0.25) is 0 Å². The molecular formula is C17H15BrFN. The zero-order valence-electron chi connectivity index (χ0n) is 10.9. The Kier molecular flexibility index (Phi) is 2.84. The van der Waals surface area contributed by atoms with Crippen molar-refractivity contribution in [3.63, 3.8) is 0 Å². The van der Waals surface area contributed by atoms with Crippen molar-refractivity contribution in [1.82, 2.24) is 0 Å². The molecule has 0 aromatic heterocycles. The number of alkyl halides is 1. The van der Waals surface area contributed by atoms with Crippen LogP contribution in [-0.2, 0) is 0 Å². The molecule has 102 valence electrons. The second kappa shape index (κ2) is 4.59. The van der Waals surface area contributed by atoms with E-state index in [0.29, 0.717) is 10.7 Å². The van der Waals surface area contributed by atoms with Crippen LogP contribution in [0.25, 0.3) is 0 Å². The Labute approximate surface area is 126 Å². The summed E-state index contributed by atoms with van der Waals surface area (Å²) in [6.45, 7) is 0. The third-order valence-corrected chi connectivity index (χ3v) is 5.48. The highest BCUT2D eigenvalue weighted by Gasteiger charge is 2.39. The fourth-order valence-corrected chi connectivity index (χ4v) is 4.31. The molecule has 0 bridgehead atoms. The van der Waals surface area contributed by atoms with Crippen LogP contribution < -0.4 is 5.32 Å². The van der Waals surface area contributed by atoms with E-state index in [9.17, 15) is 4.39 Å². The summed E-state index contributed by atoms with van der Waals surface area (Å²) >= 11 is 3.77. The highest BCUT2D eigenvalue weighted by molar-refractivity contribution is 9.09. The maximum absolute atomic E-state index is 14.1. The summed E-state index contributed by atoms with van der Waals surface area (Å²) in [5.74, 6) is 0.271. The van der Waals surface area contributed by atoms with Gasteiger partial charge in [0.25, 0.3) is 0 Å². The minimum Gasteiger partial charge on any atom is -0.377 e. The maximum atomic E-state index is 14.1. The van der Waals surface area contributed by atoms with E-state index in [2.05, 4.69) is 39.4 Å². The van der Waals surface area contributed by atoms with E-state index in [4.69, 9.17) is 0 Å². The van der Waals surface area contributed by atoms with Gasteiger partial charge in [-0.05, 0) is 36.1 Å². The van der Waals surface area contributed by atoms with E-state index in [1.54, 1.807) is 12.1 Å². The summed E-state index contributed by atoms with van der Waals surface area (Å²) < 4.78 is 14.1. The van der Waals surface area contributed by atoms with Crippen molar-refractivity contribution >= 4 is 21.6 Å². The van der Waals surface area contributed by atoms with Gasteiger partial charge in [0.1, 0.15) is 5.82 Å². The number of hydrogen-bond acceptors (Lipinski definition) is 1. The highest BCUT2D eigenvalue weighted by Crippen LogP contribution is 2.54. The van der Waals surface area contributed by atoms with E-state index in [-0.39, 0.29) is 11.9 Å². The summed E-state index contributed by atoms with van der Waals surface area (Å²) in [5.41, 5.74) is 4.71. The van der Waals surface area contributed by atoms with E-state index in [1.165, 1.54) is 16.8 Å². The van der Waals surface area contributed by atoms with Crippen molar-refractivity contribution < 1.29 is 4.39 Å². The smallest absolute Gasteiger partial charge is 0.128 e. The van der Waals surface area contributed by atoms with E-state index in [0.717, 1.165) is 18.4 Å². The Morgan fingerprint density at radius 1 is 1.00 bits per heavy atom. The molecule has 0 amide bonds. The van der Waals surface area contributed by atoms with Gasteiger partial charge in [0.2, 0.25) is 0 Å². The fraction of sp³-hybridized carbons (Fsp3) is 0.294. The molecule has 0 saturated heterocycles. The number of nitrogens with one attached hydrogen (secondary N) is 1. The molecule has 0 spiro atoms. The summed E-state index contributed by atoms with van der Waals surface area (Å²) in [5, 5.41) is 3.53. The number of rotatable bonds is 1. The lowest BCUT2D eigenvalue weighted by atomic mass is 9.79. The van der Waals surface area contributed by atoms with Gasteiger partial charge in [-0.2, -0.15) is 0 Å². The van der Waals surface area contributed by atoms with Gasteiger partial charge in [-0.15, -0.1) is 0 Å². The zero-order chi connectivity index (χ0) is 13.7. The van der Waals surface area contributed by atoms with Crippen molar-refractivity contribution in [2.75, 3.05) is 5.32 Å². The number of benzene rings is 2. The Hall–Kier alpha value is -1.35. The van der Waals surface area contributed by atoms with Crippen molar-refractivity contribution in [1.29, 1.82) is 0 Å². The van der Waals surface area contributed by atoms with Crippen LogP contribution in [0.5, 0.6) is 0 Å². The second-order valence-electron chi connectivity index (χ2n) is 5.60. The third-order valence-electron chi connectivity index (χ3n) is 4.53. The predicted molar refractivity (Wildman–Crippen MR) is 82.8 cm³/mol. The first-order valence-electron chi connectivity index (χ1n) is 7.03. The SMILES string of the molecule is Fc1ccccc1C1Nc2cccc3c2C1CCC3Br. The van der Waals surface area contributed by atoms with Crippen molar-refractivity contribution in [3.05, 3.63) is 65.0 Å². The lowest BCUT2D eigenvalue weighted by molar-refractivity contribution is 0.498. The maximum Gasteiger partial charge on any atom is 0.128 e. The minimum absolute atomic E-state index is 0.0624. The third kappa shape index (κ3) is 1.72. The average molecular weight is 332 g/mol. The normalized spacial score (nSPS) is 27.0. The van der Waals surface area contributed by atoms with E-state index >= 15 is 0 Å². The van der Waals surface area contributed by atoms with Crippen molar-refractivity contribution in [2.45, 2.75) is 29.6 Å². The Balaban J connectivity index is 1.83. The van der Waals surface area contributed by atoms with Gasteiger partial charge in [0, 0.05) is 22.0 Å². The van der Waals surface area contributed by atoms with Crippen LogP contribution >= 0.6 is 15.9 Å². The molecule has 2 aromatic carbocycles. The fourth-order valence-electron chi connectivity index (χ4n) is 3.64. The van der Waals surface area contributed by atoms with Gasteiger partial charge in [-0.25, -0.2) is 4.39 Å². The van der Waals surface area contributed by atoms with Gasteiger partial charge >= 0.3 is 0 Å². The summed E-state index contributed by atoms with van der Waals surface area (Å²) in [4.78, 5) is 0.426. The van der Waals surface area contributed by atoms with Crippen LogP contribution in [0.1, 0.15) is 46.3 Å². The molecule has 3 unspecified atom stereocenters. The molecule has 2 aliphatic rings. The predicted octanol–water partition coefficient (Wildman–Crippen LogP) is 5.31. The molecule has 3 atom stereocenters. The molecule has 4 rings (SSSR count). The first-order valence-corrected chi connectivity index (χ1v) is 7.95. The molecule has 2 aromatic rings. The number of halogens is 2. The van der Waals surface area contributed by atoms with E-state index < -0.39 is 0 Å². The lowest BCUT2D eigenvalue weighted by Gasteiger charge is -2.28. The monoisotopic (exact) mass is 331 g/mol. The van der Waals surface area contributed by atoms with Gasteiger partial charge in [0.15, 0.2) is 0 Å². The second-order valence-corrected chi connectivity index (χ2v) is 6.71. The van der Waals surface area contributed by atoms with Crippen LogP contribution in [0, 0.1) is 5.82 Å². The van der Waals surface area contributed by atoms with Crippen LogP contribution in [0.15, 0.2) is 42.5 Å². The van der Waals surface area contributed by atoms with Crippen LogP contribution in [0.3, 0.4) is 0 Å². The summed E-state index contributed by atoms with van der Waals surface area (Å²) in [6.07, 6.45) is 2.19. The summed E-state index contributed by atoms with van der Waals surface area (Å²) in [6, 6.07) is 13.6. The molecule has 1 N–H and O–H groups in total. The minimum atomic E-state index is -0.111. The lowest BCUT2D eigenvalue weighted by Crippen LogP contribution is -2.16. The molecular weight excluding hydrogens is 317 g/mol. The van der Waals surface area contributed by atoms with Gasteiger partial charge in [0.05, 0.1) is 6.04 Å². The average Bonchev–Trinajstić information content (AvgIpc) is 2.83. The van der Waals surface area contributed by atoms with Crippen molar-refractivity contribution in [3.8, 4) is 0 Å². The van der Waals surface area contributed by atoms with Crippen LogP contribution in [0.4, 0.5) is 10.1 Å². The van der Waals surface area contributed by atoms with Crippen molar-refractivity contribution in [2.24, 2.45) is 0 Å². The molecule has 20 heavy (non-hydrogen) atoms. The van der Waals surface area contributed by atoms with E-state index in [1.807, 2.05) is 12.1 Å². The number of hydrogen-bond donors (Lipinski definition) is 1. The molecule has 1 aliphatic carbocycles. The van der Waals surface area contributed by atoms with Gasteiger partial charge < -0.3 is 5.32 Å². The Morgan fingerprint density at radius 2 is 1.80 bits per heavy atom. The molecule has 0 radical (unpaired) electrons. The topological polar surface area (TPSA) is 12.0 Å². The van der Waals surface area contributed by atoms with Gasteiger partial charge in [-0.1, -0.05) is 46.3 Å². The highest BCUT2D eigenvalue weighted by atomic mass is 79.9. The Morgan fingerprint density at radius 3 is 2.65 bits per heavy atom. The molecule has 1 heterocycles. The molecule has 0 saturated carbocycles. The molecule has 1 aliphatic heterocycles. The first-order chi connectivity index (χ1) is 9.75. The molecule has 1 nitrogen and oxygen atoms in total. The first kappa shape index (κ1) is 12.4. The summed E-state index contributed by atoms with van der Waals surface area (Å²) in [7, 11) is 0. The standard InChI is InChI=1S/C17H15BrFN/c18-13-9-8-12-16-10(13)5-3-7-15(16)20-17(12)11-4-1-2-6-14(11)19/h1-7,12-13,17,20H,8-9H2.